The number of urea groups is 1. The zero-order valence-corrected chi connectivity index (χ0v) is 15.7. The zero-order valence-electron chi connectivity index (χ0n) is 14.2. The minimum Gasteiger partial charge on any atom is -0.459 e. The molecule has 132 valence electrons. The first-order chi connectivity index (χ1) is 12.0. The third-order valence-corrected chi connectivity index (χ3v) is 4.34. The molecule has 0 aromatic heterocycles. The van der Waals surface area contributed by atoms with Gasteiger partial charge >= 0.3 is 12.0 Å². The topological polar surface area (TPSA) is 67.4 Å². The van der Waals surface area contributed by atoms with Gasteiger partial charge in [-0.25, -0.2) is 9.59 Å². The number of carbonyl (C=O) groups is 2. The van der Waals surface area contributed by atoms with Crippen LogP contribution in [0, 0.1) is 5.92 Å². The van der Waals surface area contributed by atoms with Crippen LogP contribution in [0.25, 0.3) is 0 Å². The molecule has 2 amide bonds. The number of esters is 1. The molecule has 2 aromatic carbocycles. The summed E-state index contributed by atoms with van der Waals surface area (Å²) in [5, 5.41) is 5.38. The summed E-state index contributed by atoms with van der Waals surface area (Å²) in [6, 6.07) is 15.4. The number of ether oxygens (including phenoxy) is 1. The summed E-state index contributed by atoms with van der Waals surface area (Å²) in [6.07, 6.45) is 0. The van der Waals surface area contributed by atoms with Crippen LogP contribution in [0.15, 0.2) is 59.1 Å². The molecule has 0 fully saturated rings. The lowest BCUT2D eigenvalue weighted by atomic mass is 10.1. The molecule has 0 aliphatic carbocycles. The van der Waals surface area contributed by atoms with E-state index < -0.39 is 18.0 Å². The van der Waals surface area contributed by atoms with Gasteiger partial charge in [-0.15, -0.1) is 0 Å². The van der Waals surface area contributed by atoms with Gasteiger partial charge in [0, 0.05) is 15.7 Å². The Balaban J connectivity index is 1.93. The van der Waals surface area contributed by atoms with E-state index in [2.05, 4.69) is 26.6 Å². The third kappa shape index (κ3) is 5.90. The largest absolute Gasteiger partial charge is 0.459 e. The maximum Gasteiger partial charge on any atom is 0.329 e. The summed E-state index contributed by atoms with van der Waals surface area (Å²) in [6.45, 7) is 3.85. The molecule has 0 unspecified atom stereocenters. The number of benzene rings is 2. The number of para-hydroxylation sites is 1. The Morgan fingerprint density at radius 2 is 1.68 bits per heavy atom. The summed E-state index contributed by atoms with van der Waals surface area (Å²) in [4.78, 5) is 24.5. The average Bonchev–Trinajstić information content (AvgIpc) is 2.59. The van der Waals surface area contributed by atoms with Crippen LogP contribution in [-0.2, 0) is 16.1 Å². The maximum atomic E-state index is 12.4. The van der Waals surface area contributed by atoms with E-state index in [1.54, 1.807) is 12.1 Å². The van der Waals surface area contributed by atoms with E-state index in [9.17, 15) is 9.59 Å². The highest BCUT2D eigenvalue weighted by Crippen LogP contribution is 2.17. The fourth-order valence-electron chi connectivity index (χ4n) is 2.18. The molecule has 0 radical (unpaired) electrons. The monoisotopic (exact) mass is 404 g/mol. The summed E-state index contributed by atoms with van der Waals surface area (Å²) >= 11 is 3.42. The van der Waals surface area contributed by atoms with Crippen molar-refractivity contribution >= 4 is 33.6 Å². The second-order valence-electron chi connectivity index (χ2n) is 5.89. The van der Waals surface area contributed by atoms with E-state index in [1.807, 2.05) is 56.3 Å². The van der Waals surface area contributed by atoms with Crippen molar-refractivity contribution in [2.75, 3.05) is 5.32 Å². The number of rotatable bonds is 6. The Labute approximate surface area is 155 Å². The number of nitrogens with one attached hydrogen (secondary N) is 2. The summed E-state index contributed by atoms with van der Waals surface area (Å²) < 4.78 is 6.25. The van der Waals surface area contributed by atoms with Crippen LogP contribution in [-0.4, -0.2) is 18.0 Å². The molecule has 0 bridgehead atoms. The van der Waals surface area contributed by atoms with E-state index in [0.29, 0.717) is 5.69 Å². The molecule has 0 saturated heterocycles. The molecule has 5 nitrogen and oxygen atoms in total. The number of amides is 2. The van der Waals surface area contributed by atoms with Crippen LogP contribution in [0.2, 0.25) is 0 Å². The Hall–Kier alpha value is -2.34. The van der Waals surface area contributed by atoms with Crippen LogP contribution in [0.1, 0.15) is 19.4 Å². The Morgan fingerprint density at radius 1 is 1.04 bits per heavy atom. The van der Waals surface area contributed by atoms with E-state index in [1.165, 1.54) is 0 Å². The molecular formula is C19H21BrN2O3. The number of carbonyl (C=O) groups excluding carboxylic acids is 2. The number of hydrogen-bond donors (Lipinski definition) is 2. The van der Waals surface area contributed by atoms with Gasteiger partial charge in [-0.2, -0.15) is 0 Å². The van der Waals surface area contributed by atoms with Crippen molar-refractivity contribution in [1.29, 1.82) is 0 Å². The van der Waals surface area contributed by atoms with Crippen LogP contribution in [0.4, 0.5) is 10.5 Å². The molecule has 0 aliphatic rings. The zero-order chi connectivity index (χ0) is 18.2. The van der Waals surface area contributed by atoms with Crippen LogP contribution >= 0.6 is 15.9 Å². The quantitative estimate of drug-likeness (QED) is 0.703. The minimum atomic E-state index is -0.730. The predicted molar refractivity (Wildman–Crippen MR) is 101 cm³/mol. The van der Waals surface area contributed by atoms with Crippen molar-refractivity contribution in [3.8, 4) is 0 Å². The lowest BCUT2D eigenvalue weighted by Gasteiger charge is -2.21. The lowest BCUT2D eigenvalue weighted by Crippen LogP contribution is -2.47. The molecular weight excluding hydrogens is 384 g/mol. The van der Waals surface area contributed by atoms with Crippen molar-refractivity contribution in [3.63, 3.8) is 0 Å². The van der Waals surface area contributed by atoms with Crippen LogP contribution < -0.4 is 10.6 Å². The Bertz CT molecular complexity index is 720. The SMILES string of the molecule is CC(C)[C@@H](NC(=O)Nc1ccccc1)C(=O)OCc1ccccc1Br. The lowest BCUT2D eigenvalue weighted by molar-refractivity contribution is -0.148. The molecule has 25 heavy (non-hydrogen) atoms. The summed E-state index contributed by atoms with van der Waals surface area (Å²) in [7, 11) is 0. The van der Waals surface area contributed by atoms with E-state index >= 15 is 0 Å². The molecule has 2 rings (SSSR count). The Kier molecular flexibility index (Phi) is 7.01. The molecule has 0 saturated carbocycles. The summed E-state index contributed by atoms with van der Waals surface area (Å²) in [5.74, 6) is -0.567. The van der Waals surface area contributed by atoms with Gasteiger partial charge in [-0.3, -0.25) is 0 Å². The standard InChI is InChI=1S/C19H21BrN2O3/c1-13(2)17(22-19(24)21-15-9-4-3-5-10-15)18(23)25-12-14-8-6-7-11-16(14)20/h3-11,13,17H,12H2,1-2H3,(H2,21,22,24)/t17-/m1/s1. The highest BCUT2D eigenvalue weighted by atomic mass is 79.9. The molecule has 2 aromatic rings. The van der Waals surface area contributed by atoms with Gasteiger partial charge in [0.1, 0.15) is 12.6 Å². The molecule has 2 N–H and O–H groups in total. The van der Waals surface area contributed by atoms with Gasteiger partial charge < -0.3 is 15.4 Å². The number of hydrogen-bond acceptors (Lipinski definition) is 3. The van der Waals surface area contributed by atoms with Crippen LogP contribution in [0.3, 0.4) is 0 Å². The average molecular weight is 405 g/mol. The molecule has 0 heterocycles. The minimum absolute atomic E-state index is 0.103. The highest BCUT2D eigenvalue weighted by Gasteiger charge is 2.26. The highest BCUT2D eigenvalue weighted by molar-refractivity contribution is 9.10. The van der Waals surface area contributed by atoms with E-state index in [4.69, 9.17) is 4.74 Å². The first-order valence-electron chi connectivity index (χ1n) is 8.00. The van der Waals surface area contributed by atoms with Crippen molar-refractivity contribution in [3.05, 3.63) is 64.6 Å². The second-order valence-corrected chi connectivity index (χ2v) is 6.74. The maximum absolute atomic E-state index is 12.4. The van der Waals surface area contributed by atoms with Crippen molar-refractivity contribution in [2.45, 2.75) is 26.5 Å². The normalized spacial score (nSPS) is 11.7. The molecule has 1 atom stereocenters. The fourth-order valence-corrected chi connectivity index (χ4v) is 2.58. The molecule has 6 heteroatoms. The number of anilines is 1. The van der Waals surface area contributed by atoms with Crippen molar-refractivity contribution in [2.24, 2.45) is 5.92 Å². The smallest absolute Gasteiger partial charge is 0.329 e. The van der Waals surface area contributed by atoms with Gasteiger partial charge in [0.15, 0.2) is 0 Å². The van der Waals surface area contributed by atoms with Crippen molar-refractivity contribution in [1.82, 2.24) is 5.32 Å². The van der Waals surface area contributed by atoms with Crippen molar-refractivity contribution < 1.29 is 14.3 Å². The number of halogens is 1. The first kappa shape index (κ1) is 19.0. The molecule has 0 aliphatic heterocycles. The van der Waals surface area contributed by atoms with E-state index in [-0.39, 0.29) is 12.5 Å². The van der Waals surface area contributed by atoms with Crippen LogP contribution in [0.5, 0.6) is 0 Å². The van der Waals surface area contributed by atoms with Gasteiger partial charge in [-0.05, 0) is 24.1 Å². The van der Waals surface area contributed by atoms with Gasteiger partial charge in [0.2, 0.25) is 0 Å². The Morgan fingerprint density at radius 3 is 2.32 bits per heavy atom. The summed E-state index contributed by atoms with van der Waals surface area (Å²) in [5.41, 5.74) is 1.52. The van der Waals surface area contributed by atoms with Gasteiger partial charge in [-0.1, -0.05) is 66.2 Å². The van der Waals surface area contributed by atoms with E-state index in [0.717, 1.165) is 10.0 Å². The second kappa shape index (κ2) is 9.22. The van der Waals surface area contributed by atoms with Gasteiger partial charge in [0.05, 0.1) is 0 Å². The molecule has 0 spiro atoms. The third-order valence-electron chi connectivity index (χ3n) is 3.57. The fraction of sp³-hybridized carbons (Fsp3) is 0.263. The predicted octanol–water partition coefficient (Wildman–Crippen LogP) is 4.34. The first-order valence-corrected chi connectivity index (χ1v) is 8.79. The van der Waals surface area contributed by atoms with Gasteiger partial charge in [0.25, 0.3) is 0 Å².